The minimum Gasteiger partial charge on any atom is -0.445 e. The maximum Gasteiger partial charge on any atom is 0.223 e. The molecule has 0 N–H and O–H groups in total. The van der Waals surface area contributed by atoms with Crippen LogP contribution in [0.15, 0.2) is 28.9 Å². The summed E-state index contributed by atoms with van der Waals surface area (Å²) < 4.78 is 11.4. The maximum atomic E-state index is 12.5. The zero-order valence-corrected chi connectivity index (χ0v) is 14.3. The monoisotopic (exact) mass is 341 g/mol. The van der Waals surface area contributed by atoms with Gasteiger partial charge in [0.2, 0.25) is 5.91 Å². The number of aryl methyl sites for hydroxylation is 1. The third kappa shape index (κ3) is 3.74. The van der Waals surface area contributed by atoms with Gasteiger partial charge in [0.15, 0.2) is 5.89 Å². The van der Waals surface area contributed by atoms with E-state index in [0.29, 0.717) is 25.4 Å². The minimum absolute atomic E-state index is 0.171. The van der Waals surface area contributed by atoms with Crippen molar-refractivity contribution in [2.24, 2.45) is 0 Å². The highest BCUT2D eigenvalue weighted by Gasteiger charge is 2.28. The van der Waals surface area contributed by atoms with Gasteiger partial charge in [-0.25, -0.2) is 4.98 Å². The summed E-state index contributed by atoms with van der Waals surface area (Å²) in [5.74, 6) is 2.31. The fourth-order valence-corrected chi connectivity index (χ4v) is 3.51. The van der Waals surface area contributed by atoms with E-state index in [4.69, 9.17) is 14.1 Å². The predicted molar refractivity (Wildman–Crippen MR) is 91.0 cm³/mol. The molecule has 132 valence electrons. The van der Waals surface area contributed by atoms with E-state index in [1.165, 1.54) is 0 Å². The summed E-state index contributed by atoms with van der Waals surface area (Å²) in [5, 5.41) is 0. The molecule has 1 fully saturated rings. The lowest BCUT2D eigenvalue weighted by Gasteiger charge is -2.25. The number of pyridine rings is 1. The van der Waals surface area contributed by atoms with E-state index in [1.54, 1.807) is 6.20 Å². The summed E-state index contributed by atoms with van der Waals surface area (Å²) in [7, 11) is 0. The number of carbonyl (C=O) groups excluding carboxylic acids is 1. The molecule has 25 heavy (non-hydrogen) atoms. The van der Waals surface area contributed by atoms with Crippen LogP contribution in [-0.2, 0) is 28.9 Å². The van der Waals surface area contributed by atoms with Crippen LogP contribution in [0.4, 0.5) is 0 Å². The van der Waals surface area contributed by atoms with Crippen LogP contribution in [0.2, 0.25) is 0 Å². The summed E-state index contributed by atoms with van der Waals surface area (Å²) in [6.07, 6.45) is 7.48. The van der Waals surface area contributed by atoms with Crippen molar-refractivity contribution in [1.29, 1.82) is 0 Å². The summed E-state index contributed by atoms with van der Waals surface area (Å²) in [6, 6.07) is 3.91. The first-order valence-electron chi connectivity index (χ1n) is 9.02. The Kier molecular flexibility index (Phi) is 4.78. The van der Waals surface area contributed by atoms with E-state index in [2.05, 4.69) is 4.98 Å². The number of hydrogen-bond donors (Lipinski definition) is 0. The van der Waals surface area contributed by atoms with Gasteiger partial charge < -0.3 is 14.1 Å². The average Bonchev–Trinajstić information content (AvgIpc) is 3.11. The standard InChI is InChI=1S/C19H23N3O3/c23-18(4-3-14-2-1-8-20-12-14)22-9-5-17-16(13-22)21-19(25-17)15-6-10-24-11-7-15/h1-2,8,12,15H,3-7,9-11,13H2. The predicted octanol–water partition coefficient (Wildman–Crippen LogP) is 2.48. The minimum atomic E-state index is 0.171. The van der Waals surface area contributed by atoms with Gasteiger partial charge in [0.25, 0.3) is 0 Å². The van der Waals surface area contributed by atoms with Gasteiger partial charge in [-0.1, -0.05) is 6.07 Å². The average molecular weight is 341 g/mol. The fourth-order valence-electron chi connectivity index (χ4n) is 3.51. The number of aromatic nitrogens is 2. The molecule has 0 atom stereocenters. The number of carbonyl (C=O) groups is 1. The van der Waals surface area contributed by atoms with Crippen molar-refractivity contribution in [3.63, 3.8) is 0 Å². The molecule has 1 amide bonds. The zero-order chi connectivity index (χ0) is 17.1. The second kappa shape index (κ2) is 7.35. The van der Waals surface area contributed by atoms with Gasteiger partial charge in [-0.05, 0) is 30.9 Å². The summed E-state index contributed by atoms with van der Waals surface area (Å²) >= 11 is 0. The van der Waals surface area contributed by atoms with E-state index < -0.39 is 0 Å². The fraction of sp³-hybridized carbons (Fsp3) is 0.526. The third-order valence-electron chi connectivity index (χ3n) is 5.02. The van der Waals surface area contributed by atoms with Crippen molar-refractivity contribution in [3.8, 4) is 0 Å². The van der Waals surface area contributed by atoms with Crippen LogP contribution in [0.3, 0.4) is 0 Å². The molecule has 0 aliphatic carbocycles. The maximum absolute atomic E-state index is 12.5. The second-order valence-electron chi connectivity index (χ2n) is 6.74. The Morgan fingerprint density at radius 2 is 2.20 bits per heavy atom. The molecule has 0 aromatic carbocycles. The highest BCUT2D eigenvalue weighted by atomic mass is 16.5. The second-order valence-corrected chi connectivity index (χ2v) is 6.74. The van der Waals surface area contributed by atoms with Crippen molar-refractivity contribution < 1.29 is 13.9 Å². The lowest BCUT2D eigenvalue weighted by atomic mass is 10.0. The first-order valence-corrected chi connectivity index (χ1v) is 9.02. The molecule has 0 bridgehead atoms. The third-order valence-corrected chi connectivity index (χ3v) is 5.02. The lowest BCUT2D eigenvalue weighted by Crippen LogP contribution is -2.35. The van der Waals surface area contributed by atoms with Crippen LogP contribution in [0, 0.1) is 0 Å². The molecular weight excluding hydrogens is 318 g/mol. The molecule has 2 aromatic rings. The SMILES string of the molecule is O=C(CCc1cccnc1)N1CCc2oc(C3CCOCC3)nc2C1. The van der Waals surface area contributed by atoms with E-state index in [9.17, 15) is 4.79 Å². The largest absolute Gasteiger partial charge is 0.445 e. The van der Waals surface area contributed by atoms with Crippen LogP contribution >= 0.6 is 0 Å². The highest BCUT2D eigenvalue weighted by molar-refractivity contribution is 5.76. The first kappa shape index (κ1) is 16.3. The Hall–Kier alpha value is -2.21. The van der Waals surface area contributed by atoms with Gasteiger partial charge in [0.1, 0.15) is 11.5 Å². The molecule has 2 aliphatic heterocycles. The smallest absolute Gasteiger partial charge is 0.223 e. The molecule has 0 radical (unpaired) electrons. The molecule has 2 aromatic heterocycles. The number of nitrogens with zero attached hydrogens (tertiary/aromatic N) is 3. The van der Waals surface area contributed by atoms with E-state index in [0.717, 1.165) is 61.8 Å². The summed E-state index contributed by atoms with van der Waals surface area (Å²) in [4.78, 5) is 23.2. The molecule has 2 aliphatic rings. The Morgan fingerprint density at radius 1 is 1.32 bits per heavy atom. The van der Waals surface area contributed by atoms with Crippen molar-refractivity contribution in [2.45, 2.75) is 44.6 Å². The molecule has 0 spiro atoms. The first-order chi connectivity index (χ1) is 12.3. The van der Waals surface area contributed by atoms with E-state index in [-0.39, 0.29) is 5.91 Å². The Labute approximate surface area is 147 Å². The Bertz CT molecular complexity index is 723. The van der Waals surface area contributed by atoms with E-state index in [1.807, 2.05) is 23.2 Å². The molecule has 6 heteroatoms. The lowest BCUT2D eigenvalue weighted by molar-refractivity contribution is -0.132. The Balaban J connectivity index is 1.37. The van der Waals surface area contributed by atoms with Crippen LogP contribution in [0.1, 0.15) is 48.1 Å². The van der Waals surface area contributed by atoms with Crippen LogP contribution in [0.5, 0.6) is 0 Å². The molecule has 6 nitrogen and oxygen atoms in total. The zero-order valence-electron chi connectivity index (χ0n) is 14.3. The van der Waals surface area contributed by atoms with E-state index >= 15 is 0 Å². The number of ether oxygens (including phenoxy) is 1. The molecule has 4 rings (SSSR count). The molecule has 0 unspecified atom stereocenters. The van der Waals surface area contributed by atoms with Gasteiger partial charge in [-0.15, -0.1) is 0 Å². The van der Waals surface area contributed by atoms with Gasteiger partial charge in [0, 0.05) is 50.9 Å². The normalized spacial score (nSPS) is 18.2. The van der Waals surface area contributed by atoms with Gasteiger partial charge in [0.05, 0.1) is 6.54 Å². The van der Waals surface area contributed by atoms with Crippen LogP contribution in [-0.4, -0.2) is 40.5 Å². The molecule has 4 heterocycles. The van der Waals surface area contributed by atoms with Crippen molar-refractivity contribution in [3.05, 3.63) is 47.4 Å². The van der Waals surface area contributed by atoms with Gasteiger partial charge in [-0.2, -0.15) is 0 Å². The molecular formula is C19H23N3O3. The van der Waals surface area contributed by atoms with Gasteiger partial charge >= 0.3 is 0 Å². The molecule has 1 saturated heterocycles. The Morgan fingerprint density at radius 3 is 3.00 bits per heavy atom. The van der Waals surface area contributed by atoms with Crippen molar-refractivity contribution in [1.82, 2.24) is 14.9 Å². The quantitative estimate of drug-likeness (QED) is 0.854. The topological polar surface area (TPSA) is 68.5 Å². The summed E-state index contributed by atoms with van der Waals surface area (Å²) in [5.41, 5.74) is 2.03. The summed E-state index contributed by atoms with van der Waals surface area (Å²) in [6.45, 7) is 2.82. The van der Waals surface area contributed by atoms with Crippen molar-refractivity contribution in [2.75, 3.05) is 19.8 Å². The van der Waals surface area contributed by atoms with Crippen LogP contribution < -0.4 is 0 Å². The number of hydrogen-bond acceptors (Lipinski definition) is 5. The van der Waals surface area contributed by atoms with Crippen LogP contribution in [0.25, 0.3) is 0 Å². The van der Waals surface area contributed by atoms with Crippen molar-refractivity contribution >= 4 is 5.91 Å². The highest BCUT2D eigenvalue weighted by Crippen LogP contribution is 2.30. The number of amides is 1. The molecule has 0 saturated carbocycles. The number of rotatable bonds is 4. The number of fused-ring (bicyclic) bond motifs is 1. The van der Waals surface area contributed by atoms with Gasteiger partial charge in [-0.3, -0.25) is 9.78 Å². The number of oxazole rings is 1.